The standard InChI is InChI=1S/C6H7N2O2S/c9-2-1-5-3-11-6(8-5)7-4-10/h3,9H,1-2H2,(H,7,8,10). The van der Waals surface area contributed by atoms with Gasteiger partial charge in [0.1, 0.15) is 0 Å². The summed E-state index contributed by atoms with van der Waals surface area (Å²) in [6.07, 6.45) is 2.05. The number of aliphatic hydroxyl groups excluding tert-OH is 1. The molecule has 1 aromatic heterocycles. The zero-order chi connectivity index (χ0) is 8.10. The number of rotatable bonds is 4. The molecule has 0 fully saturated rings. The molecule has 0 aliphatic carbocycles. The highest BCUT2D eigenvalue weighted by Gasteiger charge is 1.99. The summed E-state index contributed by atoms with van der Waals surface area (Å²) < 4.78 is 0. The fourth-order valence-electron chi connectivity index (χ4n) is 0.637. The molecule has 0 atom stereocenters. The lowest BCUT2D eigenvalue weighted by atomic mass is 10.4. The number of nitrogens with one attached hydrogen (secondary N) is 1. The summed E-state index contributed by atoms with van der Waals surface area (Å²) in [6, 6.07) is 0. The molecule has 0 spiro atoms. The van der Waals surface area contributed by atoms with Crippen molar-refractivity contribution in [1.29, 1.82) is 0 Å². The van der Waals surface area contributed by atoms with E-state index in [1.54, 1.807) is 5.38 Å². The van der Waals surface area contributed by atoms with Crippen LogP contribution in [-0.2, 0) is 11.2 Å². The van der Waals surface area contributed by atoms with Crippen molar-refractivity contribution in [2.45, 2.75) is 6.42 Å². The molecule has 0 aromatic carbocycles. The van der Waals surface area contributed by atoms with E-state index in [-0.39, 0.29) is 6.61 Å². The molecule has 1 heterocycles. The minimum Gasteiger partial charge on any atom is -0.396 e. The van der Waals surface area contributed by atoms with Gasteiger partial charge in [-0.3, -0.25) is 10.1 Å². The highest BCUT2D eigenvalue weighted by molar-refractivity contribution is 7.13. The molecule has 1 amide bonds. The van der Waals surface area contributed by atoms with Crippen molar-refractivity contribution in [3.05, 3.63) is 11.1 Å². The summed E-state index contributed by atoms with van der Waals surface area (Å²) in [5.41, 5.74) is 0.787. The Morgan fingerprint density at radius 1 is 1.82 bits per heavy atom. The predicted molar refractivity (Wildman–Crippen MR) is 42.2 cm³/mol. The summed E-state index contributed by atoms with van der Waals surface area (Å²) in [5, 5.41) is 13.1. The van der Waals surface area contributed by atoms with Crippen molar-refractivity contribution in [3.8, 4) is 0 Å². The maximum Gasteiger partial charge on any atom is 0.315 e. The number of anilines is 1. The Hall–Kier alpha value is -0.940. The minimum absolute atomic E-state index is 0.0774. The van der Waals surface area contributed by atoms with Gasteiger partial charge in [-0.1, -0.05) is 0 Å². The van der Waals surface area contributed by atoms with Crippen LogP contribution in [0, 0.1) is 0 Å². The molecular weight excluding hydrogens is 164 g/mol. The van der Waals surface area contributed by atoms with Crippen LogP contribution < -0.4 is 5.32 Å². The van der Waals surface area contributed by atoms with Crippen molar-refractivity contribution < 1.29 is 9.90 Å². The average Bonchev–Trinajstić information content (AvgIpc) is 2.38. The van der Waals surface area contributed by atoms with Gasteiger partial charge in [-0.25, -0.2) is 4.98 Å². The van der Waals surface area contributed by atoms with Gasteiger partial charge in [0.25, 0.3) is 0 Å². The first-order chi connectivity index (χ1) is 5.36. The molecule has 11 heavy (non-hydrogen) atoms. The van der Waals surface area contributed by atoms with Gasteiger partial charge in [0.15, 0.2) is 5.13 Å². The van der Waals surface area contributed by atoms with Crippen molar-refractivity contribution in [2.75, 3.05) is 11.9 Å². The fraction of sp³-hybridized carbons (Fsp3) is 0.333. The van der Waals surface area contributed by atoms with E-state index in [0.29, 0.717) is 11.6 Å². The Bertz CT molecular complexity index is 236. The van der Waals surface area contributed by atoms with Gasteiger partial charge >= 0.3 is 6.41 Å². The second-order valence-electron chi connectivity index (χ2n) is 1.84. The van der Waals surface area contributed by atoms with Gasteiger partial charge in [-0.2, -0.15) is 0 Å². The third kappa shape index (κ3) is 2.28. The molecule has 0 bridgehead atoms. The maximum atomic E-state index is 9.82. The van der Waals surface area contributed by atoms with E-state index in [0.717, 1.165) is 5.69 Å². The lowest BCUT2D eigenvalue weighted by Crippen LogP contribution is -1.94. The second kappa shape index (κ2) is 4.05. The van der Waals surface area contributed by atoms with Crippen molar-refractivity contribution in [1.82, 2.24) is 4.98 Å². The van der Waals surface area contributed by atoms with E-state index in [4.69, 9.17) is 5.11 Å². The average molecular weight is 171 g/mol. The summed E-state index contributed by atoms with van der Waals surface area (Å²) in [4.78, 5) is 13.8. The van der Waals surface area contributed by atoms with Crippen LogP contribution in [-0.4, -0.2) is 23.1 Å². The summed E-state index contributed by atoms with van der Waals surface area (Å²) in [5.74, 6) is 0. The minimum atomic E-state index is 0.0774. The lowest BCUT2D eigenvalue weighted by molar-refractivity contribution is 0.298. The first kappa shape index (κ1) is 8.16. The fourth-order valence-corrected chi connectivity index (χ4v) is 1.33. The Labute approximate surface area is 67.9 Å². The van der Waals surface area contributed by atoms with E-state index in [1.807, 2.05) is 0 Å². The van der Waals surface area contributed by atoms with Gasteiger partial charge in [0.2, 0.25) is 0 Å². The van der Waals surface area contributed by atoms with E-state index in [2.05, 4.69) is 10.3 Å². The van der Waals surface area contributed by atoms with Crippen LogP contribution in [0.5, 0.6) is 0 Å². The monoisotopic (exact) mass is 171 g/mol. The first-order valence-electron chi connectivity index (χ1n) is 3.05. The molecular formula is C6H7N2O2S. The zero-order valence-electron chi connectivity index (χ0n) is 5.70. The van der Waals surface area contributed by atoms with Gasteiger partial charge in [0.05, 0.1) is 5.69 Å². The van der Waals surface area contributed by atoms with Crippen LogP contribution in [0.1, 0.15) is 5.69 Å². The molecule has 1 aromatic rings. The summed E-state index contributed by atoms with van der Waals surface area (Å²) >= 11 is 1.32. The van der Waals surface area contributed by atoms with Crippen LogP contribution in [0.2, 0.25) is 0 Å². The van der Waals surface area contributed by atoms with Crippen molar-refractivity contribution in [3.63, 3.8) is 0 Å². The molecule has 0 saturated carbocycles. The van der Waals surface area contributed by atoms with Crippen LogP contribution in [0.15, 0.2) is 5.38 Å². The first-order valence-corrected chi connectivity index (χ1v) is 3.93. The summed E-state index contributed by atoms with van der Waals surface area (Å²) in [7, 11) is 0. The largest absolute Gasteiger partial charge is 0.396 e. The van der Waals surface area contributed by atoms with E-state index in [9.17, 15) is 4.79 Å². The van der Waals surface area contributed by atoms with Crippen molar-refractivity contribution >= 4 is 22.9 Å². The third-order valence-electron chi connectivity index (χ3n) is 1.08. The summed E-state index contributed by atoms with van der Waals surface area (Å²) in [6.45, 7) is 0.0774. The third-order valence-corrected chi connectivity index (χ3v) is 1.88. The van der Waals surface area contributed by atoms with Crippen LogP contribution in [0.3, 0.4) is 0 Å². The van der Waals surface area contributed by atoms with E-state index >= 15 is 0 Å². The van der Waals surface area contributed by atoms with Gasteiger partial charge < -0.3 is 5.11 Å². The highest BCUT2D eigenvalue weighted by Crippen LogP contribution is 2.14. The normalized spacial score (nSPS) is 9.55. The van der Waals surface area contributed by atoms with E-state index < -0.39 is 0 Å². The molecule has 0 aliphatic rings. The quantitative estimate of drug-likeness (QED) is 0.634. The van der Waals surface area contributed by atoms with Crippen LogP contribution in [0.4, 0.5) is 5.13 Å². The topological polar surface area (TPSA) is 62.2 Å². The predicted octanol–water partition coefficient (Wildman–Crippen LogP) is 0.157. The molecule has 0 saturated heterocycles. The highest BCUT2D eigenvalue weighted by atomic mass is 32.1. The molecule has 0 unspecified atom stereocenters. The number of amides is 1. The number of hydrogen-bond donors (Lipinski definition) is 2. The Morgan fingerprint density at radius 3 is 3.27 bits per heavy atom. The molecule has 59 valence electrons. The number of hydrogen-bond acceptors (Lipinski definition) is 4. The number of nitrogens with zero attached hydrogens (tertiary/aromatic N) is 1. The SMILES string of the molecule is O=[C]Nc1nc(CCO)cs1. The van der Waals surface area contributed by atoms with E-state index in [1.165, 1.54) is 17.7 Å². The Morgan fingerprint density at radius 2 is 2.64 bits per heavy atom. The van der Waals surface area contributed by atoms with Gasteiger partial charge in [-0.15, -0.1) is 11.3 Å². The number of thiazole rings is 1. The molecule has 5 heteroatoms. The van der Waals surface area contributed by atoms with Gasteiger partial charge in [-0.05, 0) is 0 Å². The molecule has 1 radical (unpaired) electrons. The Kier molecular flexibility index (Phi) is 3.00. The van der Waals surface area contributed by atoms with Crippen molar-refractivity contribution in [2.24, 2.45) is 0 Å². The maximum absolute atomic E-state index is 9.82. The van der Waals surface area contributed by atoms with Crippen LogP contribution in [0.25, 0.3) is 0 Å². The second-order valence-corrected chi connectivity index (χ2v) is 2.70. The molecule has 2 N–H and O–H groups in total. The van der Waals surface area contributed by atoms with Crippen LogP contribution >= 0.6 is 11.3 Å². The lowest BCUT2D eigenvalue weighted by Gasteiger charge is -1.87. The zero-order valence-corrected chi connectivity index (χ0v) is 6.52. The molecule has 1 rings (SSSR count). The Balaban J connectivity index is 2.57. The molecule has 4 nitrogen and oxygen atoms in total. The molecule has 0 aliphatic heterocycles. The number of aromatic nitrogens is 1. The number of aliphatic hydroxyl groups is 1. The van der Waals surface area contributed by atoms with Gasteiger partial charge in [0, 0.05) is 18.4 Å². The number of carbonyl (C=O) groups excluding carboxylic acids is 1. The smallest absolute Gasteiger partial charge is 0.315 e.